The van der Waals surface area contributed by atoms with Gasteiger partial charge in [0, 0.05) is 32.2 Å². The summed E-state index contributed by atoms with van der Waals surface area (Å²) in [5, 5.41) is 13.0. The number of aromatic nitrogens is 4. The lowest BCUT2D eigenvalue weighted by Gasteiger charge is -2.41. The average molecular weight is 383 g/mol. The Hall–Kier alpha value is -1.79. The van der Waals surface area contributed by atoms with E-state index in [9.17, 15) is 0 Å². The van der Waals surface area contributed by atoms with E-state index in [-0.39, 0.29) is 11.6 Å². The van der Waals surface area contributed by atoms with Gasteiger partial charge in [0.15, 0.2) is 5.82 Å². The molecule has 1 aliphatic heterocycles. The van der Waals surface area contributed by atoms with Gasteiger partial charge < -0.3 is 0 Å². The Morgan fingerprint density at radius 2 is 1.71 bits per heavy atom. The lowest BCUT2D eigenvalue weighted by atomic mass is 9.99. The average Bonchev–Trinajstić information content (AvgIpc) is 3.42. The minimum Gasteiger partial charge on any atom is -0.298 e. The summed E-state index contributed by atoms with van der Waals surface area (Å²) in [6.45, 7) is 11.0. The van der Waals surface area contributed by atoms with Gasteiger partial charge in [0.1, 0.15) is 0 Å². The van der Waals surface area contributed by atoms with Crippen molar-refractivity contribution in [2.24, 2.45) is 0 Å². The molecule has 6 nitrogen and oxygen atoms in total. The monoisotopic (exact) mass is 382 g/mol. The van der Waals surface area contributed by atoms with Crippen LogP contribution in [0.1, 0.15) is 70.3 Å². The fraction of sp³-hybridized carbons (Fsp3) is 0.682. The Balaban J connectivity index is 1.61. The second-order valence-corrected chi connectivity index (χ2v) is 8.94. The number of piperazine rings is 1. The molecule has 1 atom stereocenters. The molecule has 2 aliphatic rings. The number of tetrazole rings is 1. The van der Waals surface area contributed by atoms with Crippen LogP contribution in [0.15, 0.2) is 30.3 Å². The van der Waals surface area contributed by atoms with Crippen LogP contribution in [-0.4, -0.2) is 62.2 Å². The highest BCUT2D eigenvalue weighted by molar-refractivity contribution is 5.25. The van der Waals surface area contributed by atoms with Crippen molar-refractivity contribution in [3.8, 4) is 0 Å². The third-order valence-corrected chi connectivity index (χ3v) is 6.85. The van der Waals surface area contributed by atoms with Crippen molar-refractivity contribution >= 4 is 0 Å². The van der Waals surface area contributed by atoms with E-state index in [0.29, 0.717) is 0 Å². The first-order valence-electron chi connectivity index (χ1n) is 10.9. The summed E-state index contributed by atoms with van der Waals surface area (Å²) in [4.78, 5) is 5.29. The van der Waals surface area contributed by atoms with Crippen LogP contribution in [-0.2, 0) is 5.54 Å². The van der Waals surface area contributed by atoms with Crippen molar-refractivity contribution in [1.82, 2.24) is 30.0 Å². The van der Waals surface area contributed by atoms with E-state index in [1.807, 2.05) is 4.68 Å². The van der Waals surface area contributed by atoms with Crippen LogP contribution in [0.5, 0.6) is 0 Å². The van der Waals surface area contributed by atoms with E-state index >= 15 is 0 Å². The third-order valence-electron chi connectivity index (χ3n) is 6.85. The molecule has 0 N–H and O–H groups in total. The zero-order valence-electron chi connectivity index (χ0n) is 17.6. The molecule has 0 radical (unpaired) electrons. The van der Waals surface area contributed by atoms with E-state index in [1.165, 1.54) is 31.2 Å². The fourth-order valence-corrected chi connectivity index (χ4v) is 4.73. The van der Waals surface area contributed by atoms with Gasteiger partial charge in [-0.1, -0.05) is 50.1 Å². The van der Waals surface area contributed by atoms with E-state index in [0.717, 1.165) is 44.5 Å². The summed E-state index contributed by atoms with van der Waals surface area (Å²) in [6.07, 6.45) is 6.55. The predicted molar refractivity (Wildman–Crippen MR) is 111 cm³/mol. The minimum atomic E-state index is -0.0997. The van der Waals surface area contributed by atoms with E-state index in [4.69, 9.17) is 0 Å². The maximum atomic E-state index is 4.53. The number of hydrogen-bond donors (Lipinski definition) is 0. The number of hydrogen-bond acceptors (Lipinski definition) is 5. The number of benzene rings is 1. The van der Waals surface area contributed by atoms with E-state index in [2.05, 4.69) is 76.4 Å². The summed E-state index contributed by atoms with van der Waals surface area (Å²) in [5.41, 5.74) is 1.18. The first kappa shape index (κ1) is 19.5. The summed E-state index contributed by atoms with van der Waals surface area (Å²) in [7, 11) is 0. The SMILES string of the molecule is CCC(C)(C)n1nnnc1[C@@H](c1ccccc1)N1CCN(C2CCCC2)CC1. The van der Waals surface area contributed by atoms with Gasteiger partial charge in [-0.05, 0) is 49.1 Å². The Labute approximate surface area is 168 Å². The molecular formula is C22H34N6. The van der Waals surface area contributed by atoms with Crippen LogP contribution in [0, 0.1) is 0 Å². The first-order valence-corrected chi connectivity index (χ1v) is 10.9. The quantitative estimate of drug-likeness (QED) is 0.766. The molecule has 2 fully saturated rings. The van der Waals surface area contributed by atoms with Crippen LogP contribution in [0.2, 0.25) is 0 Å². The predicted octanol–water partition coefficient (Wildman–Crippen LogP) is 3.47. The van der Waals surface area contributed by atoms with Crippen molar-refractivity contribution < 1.29 is 0 Å². The van der Waals surface area contributed by atoms with Gasteiger partial charge in [0.2, 0.25) is 0 Å². The van der Waals surface area contributed by atoms with E-state index < -0.39 is 0 Å². The first-order chi connectivity index (χ1) is 13.6. The molecule has 0 bridgehead atoms. The largest absolute Gasteiger partial charge is 0.298 e. The molecule has 1 saturated carbocycles. The topological polar surface area (TPSA) is 50.1 Å². The van der Waals surface area contributed by atoms with Gasteiger partial charge in [-0.15, -0.1) is 5.10 Å². The van der Waals surface area contributed by atoms with Crippen LogP contribution >= 0.6 is 0 Å². The second-order valence-electron chi connectivity index (χ2n) is 8.94. The highest BCUT2D eigenvalue weighted by Gasteiger charge is 2.35. The molecule has 152 valence electrons. The van der Waals surface area contributed by atoms with Crippen LogP contribution < -0.4 is 0 Å². The van der Waals surface area contributed by atoms with Crippen molar-refractivity contribution in [2.45, 2.75) is 70.5 Å². The normalized spacial score (nSPS) is 21.2. The Morgan fingerprint density at radius 3 is 2.36 bits per heavy atom. The van der Waals surface area contributed by atoms with Crippen molar-refractivity contribution in [2.75, 3.05) is 26.2 Å². The third kappa shape index (κ3) is 3.85. The standard InChI is InChI=1S/C22H34N6/c1-4-22(2,3)28-21(23-24-25-28)20(18-10-6-5-7-11-18)27-16-14-26(15-17-27)19-12-8-9-13-19/h5-7,10-11,19-20H,4,8-9,12-17H2,1-3H3/t20-/m1/s1. The van der Waals surface area contributed by atoms with Gasteiger partial charge in [0.05, 0.1) is 11.6 Å². The van der Waals surface area contributed by atoms with Gasteiger partial charge >= 0.3 is 0 Å². The Kier molecular flexibility index (Phi) is 5.78. The maximum absolute atomic E-state index is 4.53. The lowest BCUT2D eigenvalue weighted by molar-refractivity contribution is 0.0751. The highest BCUT2D eigenvalue weighted by atomic mass is 15.6. The number of rotatable bonds is 6. The van der Waals surface area contributed by atoms with Gasteiger partial charge in [-0.3, -0.25) is 9.80 Å². The van der Waals surface area contributed by atoms with E-state index in [1.54, 1.807) is 0 Å². The van der Waals surface area contributed by atoms with Gasteiger partial charge in [-0.25, -0.2) is 4.68 Å². The zero-order valence-corrected chi connectivity index (χ0v) is 17.6. The van der Waals surface area contributed by atoms with Crippen LogP contribution in [0.25, 0.3) is 0 Å². The Bertz CT molecular complexity index is 741. The summed E-state index contributed by atoms with van der Waals surface area (Å²) >= 11 is 0. The zero-order chi connectivity index (χ0) is 19.6. The minimum absolute atomic E-state index is 0.0997. The summed E-state index contributed by atoms with van der Waals surface area (Å²) in [5.74, 6) is 0.965. The van der Waals surface area contributed by atoms with Crippen molar-refractivity contribution in [3.05, 3.63) is 41.7 Å². The molecule has 4 rings (SSSR count). The molecule has 28 heavy (non-hydrogen) atoms. The molecule has 6 heteroatoms. The van der Waals surface area contributed by atoms with Crippen molar-refractivity contribution in [3.63, 3.8) is 0 Å². The molecule has 1 aromatic heterocycles. The van der Waals surface area contributed by atoms with Gasteiger partial charge in [0.25, 0.3) is 0 Å². The maximum Gasteiger partial charge on any atom is 0.173 e. The lowest BCUT2D eigenvalue weighted by Crippen LogP contribution is -2.51. The van der Waals surface area contributed by atoms with Crippen LogP contribution in [0.3, 0.4) is 0 Å². The fourth-order valence-electron chi connectivity index (χ4n) is 4.73. The molecule has 0 amide bonds. The smallest absolute Gasteiger partial charge is 0.173 e. The molecule has 0 spiro atoms. The molecule has 0 unspecified atom stereocenters. The molecular weight excluding hydrogens is 348 g/mol. The molecule has 1 aromatic carbocycles. The molecule has 2 heterocycles. The summed E-state index contributed by atoms with van der Waals surface area (Å²) in [6, 6.07) is 11.7. The molecule has 1 saturated heterocycles. The second kappa shape index (κ2) is 8.29. The summed E-state index contributed by atoms with van der Waals surface area (Å²) < 4.78 is 2.05. The van der Waals surface area contributed by atoms with Crippen LogP contribution in [0.4, 0.5) is 0 Å². The Morgan fingerprint density at radius 1 is 1.04 bits per heavy atom. The molecule has 1 aliphatic carbocycles. The molecule has 2 aromatic rings. The van der Waals surface area contributed by atoms with Gasteiger partial charge in [-0.2, -0.15) is 0 Å². The van der Waals surface area contributed by atoms with Crippen molar-refractivity contribution in [1.29, 1.82) is 0 Å². The highest BCUT2D eigenvalue weighted by Crippen LogP contribution is 2.32. The number of nitrogens with zero attached hydrogens (tertiary/aromatic N) is 6.